The zero-order chi connectivity index (χ0) is 31.6. The molecule has 2 saturated heterocycles. The van der Waals surface area contributed by atoms with Crippen molar-refractivity contribution >= 4 is 40.6 Å². The van der Waals surface area contributed by atoms with Gasteiger partial charge in [-0.15, -0.1) is 0 Å². The second-order valence-corrected chi connectivity index (χ2v) is 12.1. The number of methoxy groups -OCH3 is 1. The molecular formula is C32H32Cl2FN7O3. The summed E-state index contributed by atoms with van der Waals surface area (Å²) in [4.78, 5) is 27.2. The number of carbonyl (C=O) groups excluding carboxylic acids is 1. The first kappa shape index (κ1) is 31.1. The van der Waals surface area contributed by atoms with E-state index in [0.717, 1.165) is 18.7 Å². The Hall–Kier alpha value is -3.87. The van der Waals surface area contributed by atoms with Crippen LogP contribution in [0.25, 0.3) is 22.5 Å². The van der Waals surface area contributed by atoms with Crippen molar-refractivity contribution in [2.24, 2.45) is 5.41 Å². The van der Waals surface area contributed by atoms with Gasteiger partial charge in [0.15, 0.2) is 11.6 Å². The van der Waals surface area contributed by atoms with Crippen molar-refractivity contribution < 1.29 is 19.0 Å². The molecule has 0 bridgehead atoms. The van der Waals surface area contributed by atoms with Crippen LogP contribution in [0.4, 0.5) is 15.9 Å². The molecule has 5 heterocycles. The molecule has 0 saturated carbocycles. The van der Waals surface area contributed by atoms with E-state index in [1.165, 1.54) is 0 Å². The highest BCUT2D eigenvalue weighted by Crippen LogP contribution is 2.41. The van der Waals surface area contributed by atoms with Gasteiger partial charge in [-0.2, -0.15) is 0 Å². The Kier molecular flexibility index (Phi) is 9.16. The Morgan fingerprint density at radius 2 is 1.89 bits per heavy atom. The number of aliphatic hydroxyl groups excluding tert-OH is 1. The molecule has 0 unspecified atom stereocenters. The molecule has 2 aliphatic rings. The number of ether oxygens (including phenoxy) is 1. The van der Waals surface area contributed by atoms with E-state index in [4.69, 9.17) is 33.0 Å². The minimum absolute atomic E-state index is 0.0305. The number of hydrogen-bond donors (Lipinski definition) is 4. The van der Waals surface area contributed by atoms with E-state index in [2.05, 4.69) is 35.8 Å². The number of carbonyl (C=O) groups is 1. The number of anilines is 2. The molecule has 1 aromatic carbocycles. The summed E-state index contributed by atoms with van der Waals surface area (Å²) in [6.07, 6.45) is 3.71. The third-order valence-electron chi connectivity index (χ3n) is 8.09. The number of nitrogens with zero attached hydrogens (tertiary/aromatic N) is 4. The standard InChI is InChI=1S/C32H32Cl2FN7O3/c1-45-31-19(14-36-11-12-43)5-6-23(41-31)21-8-10-37-29(27(21)34)22-3-2-4-24(26(22)33)40-30-28(35)20(7-9-38-30)15-42-17-32(18-42)13-25(44)39-16-32/h2-10,36,43H,11-18H2,1H3,(H,38,40)(H,39,44). The lowest BCUT2D eigenvalue weighted by Crippen LogP contribution is -2.56. The summed E-state index contributed by atoms with van der Waals surface area (Å²) in [7, 11) is 1.55. The van der Waals surface area contributed by atoms with Crippen LogP contribution < -0.4 is 20.7 Å². The average Bonchev–Trinajstić information content (AvgIpc) is 3.42. The van der Waals surface area contributed by atoms with Gasteiger partial charge in [0.05, 0.1) is 40.8 Å². The fourth-order valence-corrected chi connectivity index (χ4v) is 6.50. The Bertz CT molecular complexity index is 1740. The van der Waals surface area contributed by atoms with Gasteiger partial charge in [0.1, 0.15) is 0 Å². The lowest BCUT2D eigenvalue weighted by Gasteiger charge is -2.47. The number of aromatic nitrogens is 3. The normalized spacial score (nSPS) is 15.6. The molecule has 6 rings (SSSR count). The first-order valence-electron chi connectivity index (χ1n) is 14.5. The molecule has 10 nitrogen and oxygen atoms in total. The van der Waals surface area contributed by atoms with Crippen molar-refractivity contribution in [3.05, 3.63) is 81.8 Å². The van der Waals surface area contributed by atoms with Crippen LogP contribution in [0.3, 0.4) is 0 Å². The van der Waals surface area contributed by atoms with Gasteiger partial charge in [0, 0.05) is 85.8 Å². The summed E-state index contributed by atoms with van der Waals surface area (Å²) in [5.41, 5.74) is 3.95. The van der Waals surface area contributed by atoms with Crippen molar-refractivity contribution in [3.63, 3.8) is 0 Å². The van der Waals surface area contributed by atoms with Crippen molar-refractivity contribution in [1.29, 1.82) is 0 Å². The number of benzene rings is 1. The number of halogens is 3. The Morgan fingerprint density at radius 1 is 1.07 bits per heavy atom. The van der Waals surface area contributed by atoms with Crippen LogP contribution in [-0.2, 0) is 17.9 Å². The first-order valence-corrected chi connectivity index (χ1v) is 15.2. The Labute approximate surface area is 270 Å². The molecule has 0 radical (unpaired) electrons. The van der Waals surface area contributed by atoms with E-state index in [0.29, 0.717) is 82.3 Å². The lowest BCUT2D eigenvalue weighted by molar-refractivity contribution is -0.120. The maximum absolute atomic E-state index is 15.6. The second kappa shape index (κ2) is 13.2. The number of rotatable bonds is 11. The Balaban J connectivity index is 1.22. The van der Waals surface area contributed by atoms with E-state index < -0.39 is 5.82 Å². The minimum Gasteiger partial charge on any atom is -0.481 e. The average molecular weight is 653 g/mol. The van der Waals surface area contributed by atoms with Crippen LogP contribution in [0, 0.1) is 11.2 Å². The van der Waals surface area contributed by atoms with Crippen LogP contribution in [0.15, 0.2) is 54.9 Å². The zero-order valence-electron chi connectivity index (χ0n) is 24.5. The van der Waals surface area contributed by atoms with Gasteiger partial charge in [0.2, 0.25) is 11.8 Å². The van der Waals surface area contributed by atoms with Gasteiger partial charge < -0.3 is 25.8 Å². The summed E-state index contributed by atoms with van der Waals surface area (Å²) in [5, 5.41) is 18.8. The summed E-state index contributed by atoms with van der Waals surface area (Å²) in [6.45, 7) is 3.54. The fraction of sp³-hybridized carbons (Fsp3) is 0.312. The van der Waals surface area contributed by atoms with Gasteiger partial charge in [-0.25, -0.2) is 14.4 Å². The number of likely N-dealkylation sites (tertiary alicyclic amines) is 1. The number of pyridine rings is 3. The van der Waals surface area contributed by atoms with E-state index in [-0.39, 0.29) is 23.7 Å². The van der Waals surface area contributed by atoms with E-state index in [1.807, 2.05) is 12.1 Å². The lowest BCUT2D eigenvalue weighted by atomic mass is 9.79. The van der Waals surface area contributed by atoms with Gasteiger partial charge in [-0.05, 0) is 24.3 Å². The molecule has 4 N–H and O–H groups in total. The predicted octanol–water partition coefficient (Wildman–Crippen LogP) is 4.81. The quantitative estimate of drug-likeness (QED) is 0.169. The second-order valence-electron chi connectivity index (χ2n) is 11.3. The fourth-order valence-electron chi connectivity index (χ4n) is 5.92. The summed E-state index contributed by atoms with van der Waals surface area (Å²) in [5.74, 6) is 0.103. The molecule has 234 valence electrons. The summed E-state index contributed by atoms with van der Waals surface area (Å²) in [6, 6.07) is 12.5. The molecule has 1 spiro atoms. The van der Waals surface area contributed by atoms with Crippen molar-refractivity contribution in [2.45, 2.75) is 19.5 Å². The monoisotopic (exact) mass is 651 g/mol. The predicted molar refractivity (Wildman–Crippen MR) is 171 cm³/mol. The number of aliphatic hydroxyl groups is 1. The third-order valence-corrected chi connectivity index (χ3v) is 8.88. The highest BCUT2D eigenvalue weighted by molar-refractivity contribution is 6.39. The third kappa shape index (κ3) is 6.45. The van der Waals surface area contributed by atoms with Crippen LogP contribution >= 0.6 is 23.2 Å². The summed E-state index contributed by atoms with van der Waals surface area (Å²) >= 11 is 13.8. The molecular weight excluding hydrogens is 620 g/mol. The first-order chi connectivity index (χ1) is 21.8. The molecule has 13 heteroatoms. The number of nitrogens with one attached hydrogen (secondary N) is 3. The highest BCUT2D eigenvalue weighted by Gasteiger charge is 2.47. The largest absolute Gasteiger partial charge is 0.481 e. The van der Waals surface area contributed by atoms with Crippen molar-refractivity contribution in [2.75, 3.05) is 45.2 Å². The van der Waals surface area contributed by atoms with Crippen LogP contribution in [0.5, 0.6) is 5.88 Å². The molecule has 45 heavy (non-hydrogen) atoms. The molecule has 0 atom stereocenters. The molecule has 3 aromatic heterocycles. The SMILES string of the molecule is COc1nc(-c2ccnc(-c3cccc(Nc4nccc(CN5CC6(CNC(=O)C6)C5)c4F)c3Cl)c2Cl)ccc1CNCCO. The van der Waals surface area contributed by atoms with Crippen LogP contribution in [-0.4, -0.2) is 70.8 Å². The van der Waals surface area contributed by atoms with Crippen molar-refractivity contribution in [1.82, 2.24) is 30.5 Å². The minimum atomic E-state index is -0.464. The van der Waals surface area contributed by atoms with E-state index in [9.17, 15) is 4.79 Å². The Morgan fingerprint density at radius 3 is 2.64 bits per heavy atom. The van der Waals surface area contributed by atoms with Gasteiger partial charge in [-0.1, -0.05) is 41.4 Å². The topological polar surface area (TPSA) is 125 Å². The molecule has 0 aliphatic carbocycles. The number of hydrogen-bond acceptors (Lipinski definition) is 9. The number of amides is 1. The smallest absolute Gasteiger partial charge is 0.220 e. The maximum atomic E-state index is 15.6. The molecule has 4 aromatic rings. The summed E-state index contributed by atoms with van der Waals surface area (Å²) < 4.78 is 21.1. The zero-order valence-corrected chi connectivity index (χ0v) is 26.1. The van der Waals surface area contributed by atoms with Gasteiger partial charge in [0.25, 0.3) is 0 Å². The molecule has 2 aliphatic heterocycles. The van der Waals surface area contributed by atoms with E-state index >= 15 is 4.39 Å². The van der Waals surface area contributed by atoms with Crippen molar-refractivity contribution in [3.8, 4) is 28.4 Å². The highest BCUT2D eigenvalue weighted by atomic mass is 35.5. The maximum Gasteiger partial charge on any atom is 0.220 e. The van der Waals surface area contributed by atoms with E-state index in [1.54, 1.807) is 49.8 Å². The van der Waals surface area contributed by atoms with Gasteiger partial charge in [-0.3, -0.25) is 14.7 Å². The van der Waals surface area contributed by atoms with Crippen LogP contribution in [0.1, 0.15) is 17.5 Å². The molecule has 1 amide bonds. The van der Waals surface area contributed by atoms with Crippen LogP contribution in [0.2, 0.25) is 10.0 Å². The van der Waals surface area contributed by atoms with Gasteiger partial charge >= 0.3 is 0 Å². The molecule has 2 fully saturated rings.